The van der Waals surface area contributed by atoms with Crippen molar-refractivity contribution < 1.29 is 0 Å². The topological polar surface area (TPSA) is 28.2 Å². The molecule has 0 bridgehead atoms. The first-order valence-corrected chi connectivity index (χ1v) is 7.55. The number of aromatic nitrogens is 1. The van der Waals surface area contributed by atoms with Gasteiger partial charge in [-0.15, -0.1) is 0 Å². The lowest BCUT2D eigenvalue weighted by atomic mass is 9.97. The lowest BCUT2D eigenvalue weighted by Gasteiger charge is -2.34. The quantitative estimate of drug-likeness (QED) is 0.926. The number of pyridine rings is 1. The number of piperidine rings is 1. The summed E-state index contributed by atoms with van der Waals surface area (Å²) < 4.78 is 1.10. The molecule has 1 aromatic rings. The minimum atomic E-state index is 0.571. The highest BCUT2D eigenvalue weighted by atomic mass is 79.9. The van der Waals surface area contributed by atoms with Gasteiger partial charge in [-0.3, -0.25) is 0 Å². The van der Waals surface area contributed by atoms with Gasteiger partial charge in [0.2, 0.25) is 0 Å². The van der Waals surface area contributed by atoms with E-state index in [1.807, 2.05) is 12.3 Å². The normalized spacial score (nSPS) is 20.4. The highest BCUT2D eigenvalue weighted by Crippen LogP contribution is 2.27. The fourth-order valence-electron chi connectivity index (χ4n) is 2.44. The third kappa shape index (κ3) is 3.69. The average Bonchev–Trinajstić information content (AvgIpc) is 2.37. The number of anilines is 1. The molecule has 0 saturated carbocycles. The van der Waals surface area contributed by atoms with Crippen LogP contribution < -0.4 is 10.2 Å². The summed E-state index contributed by atoms with van der Waals surface area (Å²) in [5, 5.41) is 3.54. The van der Waals surface area contributed by atoms with E-state index in [1.54, 1.807) is 0 Å². The molecule has 1 saturated heterocycles. The van der Waals surface area contributed by atoms with E-state index in [0.717, 1.165) is 35.8 Å². The zero-order chi connectivity index (χ0) is 13.0. The third-order valence-electron chi connectivity index (χ3n) is 3.37. The smallest absolute Gasteiger partial charge is 0.142 e. The molecule has 1 unspecified atom stereocenters. The predicted octanol–water partition coefficient (Wildman–Crippen LogP) is 3.06. The molecule has 1 aromatic heterocycles. The molecule has 2 heterocycles. The first-order valence-electron chi connectivity index (χ1n) is 6.75. The Balaban J connectivity index is 1.96. The summed E-state index contributed by atoms with van der Waals surface area (Å²) in [5.41, 5.74) is 0. The van der Waals surface area contributed by atoms with Crippen LogP contribution in [0.3, 0.4) is 0 Å². The van der Waals surface area contributed by atoms with Gasteiger partial charge in [-0.25, -0.2) is 4.98 Å². The maximum absolute atomic E-state index is 4.49. The van der Waals surface area contributed by atoms with Crippen LogP contribution in [-0.4, -0.2) is 30.7 Å². The summed E-state index contributed by atoms with van der Waals surface area (Å²) in [5.74, 6) is 1.82. The molecule has 0 aliphatic carbocycles. The number of hydrogen-bond donors (Lipinski definition) is 1. The van der Waals surface area contributed by atoms with Crippen molar-refractivity contribution in [3.63, 3.8) is 0 Å². The van der Waals surface area contributed by atoms with Crippen molar-refractivity contribution in [1.29, 1.82) is 0 Å². The molecule has 1 aliphatic rings. The molecule has 0 radical (unpaired) electrons. The molecule has 0 amide bonds. The van der Waals surface area contributed by atoms with E-state index in [2.05, 4.69) is 51.0 Å². The SMILES string of the molecule is CC(C)NCC1CCCN(c2ncccc2Br)C1. The molecule has 4 heteroatoms. The van der Waals surface area contributed by atoms with Crippen molar-refractivity contribution in [1.82, 2.24) is 10.3 Å². The predicted molar refractivity (Wildman–Crippen MR) is 80.0 cm³/mol. The second-order valence-electron chi connectivity index (χ2n) is 5.33. The summed E-state index contributed by atoms with van der Waals surface area (Å²) in [6, 6.07) is 4.61. The molecule has 1 aliphatic heterocycles. The third-order valence-corrected chi connectivity index (χ3v) is 3.99. The van der Waals surface area contributed by atoms with Crippen LogP contribution in [0.2, 0.25) is 0 Å². The van der Waals surface area contributed by atoms with Crippen molar-refractivity contribution in [2.75, 3.05) is 24.5 Å². The van der Waals surface area contributed by atoms with E-state index in [-0.39, 0.29) is 0 Å². The maximum atomic E-state index is 4.49. The van der Waals surface area contributed by atoms with Crippen molar-refractivity contribution in [2.45, 2.75) is 32.7 Å². The number of nitrogens with one attached hydrogen (secondary N) is 1. The Morgan fingerprint density at radius 1 is 1.56 bits per heavy atom. The van der Waals surface area contributed by atoms with Gasteiger partial charge in [-0.05, 0) is 53.4 Å². The molecular formula is C14H22BrN3. The van der Waals surface area contributed by atoms with Gasteiger partial charge in [0, 0.05) is 25.3 Å². The van der Waals surface area contributed by atoms with Crippen LogP contribution in [0.25, 0.3) is 0 Å². The molecule has 1 fully saturated rings. The fourth-order valence-corrected chi connectivity index (χ4v) is 2.94. The zero-order valence-corrected chi connectivity index (χ0v) is 12.8. The molecule has 100 valence electrons. The first kappa shape index (κ1) is 13.8. The average molecular weight is 312 g/mol. The Morgan fingerprint density at radius 2 is 2.39 bits per heavy atom. The van der Waals surface area contributed by atoms with Crippen LogP contribution in [0, 0.1) is 5.92 Å². The fraction of sp³-hybridized carbons (Fsp3) is 0.643. The lowest BCUT2D eigenvalue weighted by Crippen LogP contribution is -2.41. The number of hydrogen-bond acceptors (Lipinski definition) is 3. The molecule has 1 atom stereocenters. The molecule has 0 spiro atoms. The van der Waals surface area contributed by atoms with Crippen LogP contribution in [0.15, 0.2) is 22.8 Å². The summed E-state index contributed by atoms with van der Waals surface area (Å²) in [6.07, 6.45) is 4.45. The number of nitrogens with zero attached hydrogens (tertiary/aromatic N) is 2. The molecule has 2 rings (SSSR count). The van der Waals surface area contributed by atoms with Gasteiger partial charge in [-0.2, -0.15) is 0 Å². The Bertz CT molecular complexity index is 381. The van der Waals surface area contributed by atoms with Crippen molar-refractivity contribution >= 4 is 21.7 Å². The molecule has 18 heavy (non-hydrogen) atoms. The lowest BCUT2D eigenvalue weighted by molar-refractivity contribution is 0.378. The highest BCUT2D eigenvalue weighted by Gasteiger charge is 2.22. The van der Waals surface area contributed by atoms with Gasteiger partial charge in [-0.1, -0.05) is 13.8 Å². The van der Waals surface area contributed by atoms with E-state index in [0.29, 0.717) is 6.04 Å². The summed E-state index contributed by atoms with van der Waals surface area (Å²) in [4.78, 5) is 6.89. The van der Waals surface area contributed by atoms with E-state index >= 15 is 0 Å². The van der Waals surface area contributed by atoms with Gasteiger partial charge >= 0.3 is 0 Å². The second kappa shape index (κ2) is 6.53. The van der Waals surface area contributed by atoms with Gasteiger partial charge in [0.25, 0.3) is 0 Å². The zero-order valence-electron chi connectivity index (χ0n) is 11.2. The van der Waals surface area contributed by atoms with E-state index in [1.165, 1.54) is 12.8 Å². The molecular weight excluding hydrogens is 290 g/mol. The van der Waals surface area contributed by atoms with Gasteiger partial charge < -0.3 is 10.2 Å². The second-order valence-corrected chi connectivity index (χ2v) is 6.18. The van der Waals surface area contributed by atoms with Crippen LogP contribution >= 0.6 is 15.9 Å². The van der Waals surface area contributed by atoms with Crippen LogP contribution in [-0.2, 0) is 0 Å². The summed E-state index contributed by atoms with van der Waals surface area (Å²) >= 11 is 3.59. The first-order chi connectivity index (χ1) is 8.66. The van der Waals surface area contributed by atoms with E-state index in [4.69, 9.17) is 0 Å². The Morgan fingerprint density at radius 3 is 3.11 bits per heavy atom. The monoisotopic (exact) mass is 311 g/mol. The standard InChI is InChI=1S/C14H22BrN3/c1-11(2)17-9-12-5-4-8-18(10-12)14-13(15)6-3-7-16-14/h3,6-7,11-12,17H,4-5,8-10H2,1-2H3. The summed E-state index contributed by atoms with van der Waals surface area (Å²) in [7, 11) is 0. The Kier molecular flexibility index (Phi) is 5.01. The van der Waals surface area contributed by atoms with Gasteiger partial charge in [0.1, 0.15) is 5.82 Å². The largest absolute Gasteiger partial charge is 0.355 e. The molecule has 3 nitrogen and oxygen atoms in total. The Labute approximate surface area is 118 Å². The van der Waals surface area contributed by atoms with Crippen molar-refractivity contribution in [2.24, 2.45) is 5.92 Å². The molecule has 0 aromatic carbocycles. The summed E-state index contributed by atoms with van der Waals surface area (Å²) in [6.45, 7) is 7.74. The van der Waals surface area contributed by atoms with E-state index < -0.39 is 0 Å². The van der Waals surface area contributed by atoms with Crippen LogP contribution in [0.5, 0.6) is 0 Å². The van der Waals surface area contributed by atoms with Gasteiger partial charge in [0.05, 0.1) is 4.47 Å². The molecule has 1 N–H and O–H groups in total. The van der Waals surface area contributed by atoms with Crippen molar-refractivity contribution in [3.8, 4) is 0 Å². The minimum Gasteiger partial charge on any atom is -0.355 e. The number of halogens is 1. The van der Waals surface area contributed by atoms with E-state index in [9.17, 15) is 0 Å². The van der Waals surface area contributed by atoms with Gasteiger partial charge in [0.15, 0.2) is 0 Å². The van der Waals surface area contributed by atoms with Crippen LogP contribution in [0.4, 0.5) is 5.82 Å². The van der Waals surface area contributed by atoms with Crippen molar-refractivity contribution in [3.05, 3.63) is 22.8 Å². The highest BCUT2D eigenvalue weighted by molar-refractivity contribution is 9.10. The number of rotatable bonds is 4. The van der Waals surface area contributed by atoms with Crippen LogP contribution in [0.1, 0.15) is 26.7 Å². The minimum absolute atomic E-state index is 0.571. The maximum Gasteiger partial charge on any atom is 0.142 e. The Hall–Kier alpha value is -0.610.